The Balaban J connectivity index is 2.12. The predicted octanol–water partition coefficient (Wildman–Crippen LogP) is 1.52. The van der Waals surface area contributed by atoms with Crippen LogP contribution >= 0.6 is 0 Å². The fourth-order valence-corrected chi connectivity index (χ4v) is 1.64. The SMILES string of the molecule is Cc1nc(CNC(=O)c2cc([N+](=O)[O-])ccc2C)no1. The monoisotopic (exact) mass is 276 g/mol. The third-order valence-corrected chi connectivity index (χ3v) is 2.65. The summed E-state index contributed by atoms with van der Waals surface area (Å²) < 4.78 is 4.78. The molecule has 1 aromatic heterocycles. The van der Waals surface area contributed by atoms with Gasteiger partial charge in [-0.1, -0.05) is 11.2 Å². The molecule has 0 fully saturated rings. The fourth-order valence-electron chi connectivity index (χ4n) is 1.64. The van der Waals surface area contributed by atoms with Gasteiger partial charge < -0.3 is 9.84 Å². The number of hydrogen-bond acceptors (Lipinski definition) is 6. The van der Waals surface area contributed by atoms with Gasteiger partial charge in [0, 0.05) is 24.6 Å². The van der Waals surface area contributed by atoms with Crippen LogP contribution in [0.4, 0.5) is 5.69 Å². The van der Waals surface area contributed by atoms with Crippen LogP contribution in [0.5, 0.6) is 0 Å². The normalized spacial score (nSPS) is 10.3. The summed E-state index contributed by atoms with van der Waals surface area (Å²) in [7, 11) is 0. The van der Waals surface area contributed by atoms with E-state index in [9.17, 15) is 14.9 Å². The van der Waals surface area contributed by atoms with Gasteiger partial charge in [-0.25, -0.2) is 0 Å². The van der Waals surface area contributed by atoms with Crippen LogP contribution in [0.15, 0.2) is 22.7 Å². The molecule has 0 unspecified atom stereocenters. The minimum absolute atomic E-state index is 0.0955. The molecule has 20 heavy (non-hydrogen) atoms. The number of nitro benzene ring substituents is 1. The minimum Gasteiger partial charge on any atom is -0.345 e. The third-order valence-electron chi connectivity index (χ3n) is 2.65. The third kappa shape index (κ3) is 2.97. The van der Waals surface area contributed by atoms with Gasteiger partial charge in [0.25, 0.3) is 11.6 Å². The van der Waals surface area contributed by atoms with Gasteiger partial charge in [0.05, 0.1) is 11.5 Å². The molecular weight excluding hydrogens is 264 g/mol. The van der Waals surface area contributed by atoms with Crippen LogP contribution in [0.2, 0.25) is 0 Å². The number of rotatable bonds is 4. The second kappa shape index (κ2) is 5.47. The number of benzene rings is 1. The number of hydrogen-bond donors (Lipinski definition) is 1. The van der Waals surface area contributed by atoms with Gasteiger partial charge in [-0.3, -0.25) is 14.9 Å². The Morgan fingerprint density at radius 3 is 2.80 bits per heavy atom. The molecular formula is C12H12N4O4. The maximum atomic E-state index is 12.0. The zero-order valence-corrected chi connectivity index (χ0v) is 10.9. The van der Waals surface area contributed by atoms with Crippen LogP contribution in [-0.4, -0.2) is 21.0 Å². The lowest BCUT2D eigenvalue weighted by Crippen LogP contribution is -2.24. The molecule has 1 amide bonds. The summed E-state index contributed by atoms with van der Waals surface area (Å²) in [5.74, 6) is 0.327. The maximum absolute atomic E-state index is 12.0. The lowest BCUT2D eigenvalue weighted by molar-refractivity contribution is -0.384. The van der Waals surface area contributed by atoms with Crippen molar-refractivity contribution in [2.75, 3.05) is 0 Å². The Morgan fingerprint density at radius 2 is 2.20 bits per heavy atom. The van der Waals surface area contributed by atoms with E-state index in [-0.39, 0.29) is 17.8 Å². The molecule has 8 heteroatoms. The number of non-ortho nitro benzene ring substituents is 1. The first-order valence-corrected chi connectivity index (χ1v) is 5.80. The topological polar surface area (TPSA) is 111 Å². The zero-order chi connectivity index (χ0) is 14.7. The smallest absolute Gasteiger partial charge is 0.270 e. The van der Waals surface area contributed by atoms with Crippen LogP contribution in [0.1, 0.15) is 27.6 Å². The summed E-state index contributed by atoms with van der Waals surface area (Å²) in [6.07, 6.45) is 0. The molecule has 0 aliphatic rings. The van der Waals surface area contributed by atoms with Gasteiger partial charge in [-0.15, -0.1) is 0 Å². The summed E-state index contributed by atoms with van der Waals surface area (Å²) >= 11 is 0. The minimum atomic E-state index is -0.543. The quantitative estimate of drug-likeness (QED) is 0.669. The molecule has 8 nitrogen and oxygen atoms in total. The highest BCUT2D eigenvalue weighted by Gasteiger charge is 2.15. The van der Waals surface area contributed by atoms with Gasteiger partial charge in [0.15, 0.2) is 5.82 Å². The van der Waals surface area contributed by atoms with E-state index in [0.717, 1.165) is 0 Å². The van der Waals surface area contributed by atoms with Crippen molar-refractivity contribution in [2.24, 2.45) is 0 Å². The molecule has 2 rings (SSSR count). The first kappa shape index (κ1) is 13.7. The average molecular weight is 276 g/mol. The van der Waals surface area contributed by atoms with Crippen molar-refractivity contribution >= 4 is 11.6 Å². The standard InChI is InChI=1S/C12H12N4O4/c1-7-3-4-9(16(18)19)5-10(7)12(17)13-6-11-14-8(2)20-15-11/h3-5H,6H2,1-2H3,(H,13,17). The molecule has 0 radical (unpaired) electrons. The summed E-state index contributed by atoms with van der Waals surface area (Å²) in [4.78, 5) is 26.1. The van der Waals surface area contributed by atoms with E-state index >= 15 is 0 Å². The van der Waals surface area contributed by atoms with Crippen LogP contribution in [0.25, 0.3) is 0 Å². The maximum Gasteiger partial charge on any atom is 0.270 e. The lowest BCUT2D eigenvalue weighted by atomic mass is 10.1. The Labute approximate surface area is 113 Å². The summed E-state index contributed by atoms with van der Waals surface area (Å²) in [6, 6.07) is 4.13. The molecule has 0 atom stereocenters. The van der Waals surface area contributed by atoms with Crippen molar-refractivity contribution in [3.05, 3.63) is 51.2 Å². The molecule has 0 spiro atoms. The average Bonchev–Trinajstić information content (AvgIpc) is 2.82. The highest BCUT2D eigenvalue weighted by Crippen LogP contribution is 2.17. The van der Waals surface area contributed by atoms with E-state index in [4.69, 9.17) is 4.52 Å². The molecule has 0 saturated heterocycles. The van der Waals surface area contributed by atoms with Crippen molar-refractivity contribution in [3.8, 4) is 0 Å². The Kier molecular flexibility index (Phi) is 3.74. The van der Waals surface area contributed by atoms with E-state index < -0.39 is 10.8 Å². The Morgan fingerprint density at radius 1 is 1.45 bits per heavy atom. The number of aryl methyl sites for hydroxylation is 2. The van der Waals surface area contributed by atoms with Crippen LogP contribution < -0.4 is 5.32 Å². The summed E-state index contributed by atoms with van der Waals surface area (Å²) in [5, 5.41) is 16.9. The van der Waals surface area contributed by atoms with Crippen molar-refractivity contribution in [3.63, 3.8) is 0 Å². The number of nitrogens with zero attached hydrogens (tertiary/aromatic N) is 3. The molecule has 0 saturated carbocycles. The zero-order valence-electron chi connectivity index (χ0n) is 10.9. The largest absolute Gasteiger partial charge is 0.345 e. The highest BCUT2D eigenvalue weighted by molar-refractivity contribution is 5.96. The van der Waals surface area contributed by atoms with Crippen LogP contribution in [0, 0.1) is 24.0 Å². The molecule has 1 aromatic carbocycles. The molecule has 104 valence electrons. The van der Waals surface area contributed by atoms with Gasteiger partial charge in [-0.2, -0.15) is 4.98 Å². The number of nitrogens with one attached hydrogen (secondary N) is 1. The molecule has 2 aromatic rings. The molecule has 1 N–H and O–H groups in total. The van der Waals surface area contributed by atoms with E-state index in [1.54, 1.807) is 13.8 Å². The van der Waals surface area contributed by atoms with Crippen LogP contribution in [-0.2, 0) is 6.54 Å². The summed E-state index contributed by atoms with van der Waals surface area (Å²) in [6.45, 7) is 3.44. The second-order valence-electron chi connectivity index (χ2n) is 4.17. The van der Waals surface area contributed by atoms with Crippen LogP contribution in [0.3, 0.4) is 0 Å². The molecule has 0 aliphatic heterocycles. The number of nitro groups is 1. The van der Waals surface area contributed by atoms with E-state index in [1.165, 1.54) is 18.2 Å². The number of carbonyl (C=O) groups is 1. The number of carbonyl (C=O) groups excluding carboxylic acids is 1. The lowest BCUT2D eigenvalue weighted by Gasteiger charge is -2.05. The number of aromatic nitrogens is 2. The van der Waals surface area contributed by atoms with Crippen molar-refractivity contribution < 1.29 is 14.2 Å². The highest BCUT2D eigenvalue weighted by atomic mass is 16.6. The molecule has 1 heterocycles. The summed E-state index contributed by atoms with van der Waals surface area (Å²) in [5.41, 5.74) is 0.771. The first-order valence-electron chi connectivity index (χ1n) is 5.80. The van der Waals surface area contributed by atoms with E-state index in [2.05, 4.69) is 15.5 Å². The van der Waals surface area contributed by atoms with Gasteiger partial charge in [0.2, 0.25) is 5.89 Å². The van der Waals surface area contributed by atoms with Crippen molar-refractivity contribution in [2.45, 2.75) is 20.4 Å². The van der Waals surface area contributed by atoms with Gasteiger partial charge >= 0.3 is 0 Å². The van der Waals surface area contributed by atoms with Crippen molar-refractivity contribution in [1.82, 2.24) is 15.5 Å². The molecule has 0 bridgehead atoms. The number of amides is 1. The second-order valence-corrected chi connectivity index (χ2v) is 4.17. The fraction of sp³-hybridized carbons (Fsp3) is 0.250. The Bertz CT molecular complexity index is 665. The Hall–Kier alpha value is -2.77. The first-order chi connectivity index (χ1) is 9.47. The van der Waals surface area contributed by atoms with Crippen molar-refractivity contribution in [1.29, 1.82) is 0 Å². The predicted molar refractivity (Wildman–Crippen MR) is 68.0 cm³/mol. The van der Waals surface area contributed by atoms with Gasteiger partial charge in [0.1, 0.15) is 0 Å². The van der Waals surface area contributed by atoms with Gasteiger partial charge in [-0.05, 0) is 12.5 Å². The molecule has 0 aliphatic carbocycles. The van der Waals surface area contributed by atoms with E-state index in [0.29, 0.717) is 17.3 Å². The van der Waals surface area contributed by atoms with E-state index in [1.807, 2.05) is 0 Å².